The predicted octanol–water partition coefficient (Wildman–Crippen LogP) is 1.51. The van der Waals surface area contributed by atoms with Crippen LogP contribution in [0.3, 0.4) is 0 Å². The van der Waals surface area contributed by atoms with E-state index in [2.05, 4.69) is 41.5 Å². The number of methoxy groups -OCH3 is 1. The molecule has 140 valence electrons. The fourth-order valence-corrected chi connectivity index (χ4v) is 2.82. The van der Waals surface area contributed by atoms with Crippen LogP contribution >= 0.6 is 0 Å². The van der Waals surface area contributed by atoms with Gasteiger partial charge in [0.25, 0.3) is 0 Å². The SMILES string of the molecule is CCNC(=NCC(C)N1CCOCC1)NCCc1ccc(OC)cc1. The Labute approximate surface area is 151 Å². The van der Waals surface area contributed by atoms with Crippen molar-refractivity contribution < 1.29 is 9.47 Å². The zero-order chi connectivity index (χ0) is 17.9. The molecule has 1 saturated heterocycles. The summed E-state index contributed by atoms with van der Waals surface area (Å²) in [5.41, 5.74) is 1.28. The normalized spacial score (nSPS) is 17.2. The highest BCUT2D eigenvalue weighted by Crippen LogP contribution is 2.11. The van der Waals surface area contributed by atoms with Crippen LogP contribution in [0.1, 0.15) is 19.4 Å². The molecule has 1 aliphatic rings. The number of guanidine groups is 1. The summed E-state index contributed by atoms with van der Waals surface area (Å²) in [7, 11) is 1.69. The fraction of sp³-hybridized carbons (Fsp3) is 0.632. The van der Waals surface area contributed by atoms with Crippen LogP contribution in [0.25, 0.3) is 0 Å². The molecule has 6 nitrogen and oxygen atoms in total. The smallest absolute Gasteiger partial charge is 0.191 e. The lowest BCUT2D eigenvalue weighted by Crippen LogP contribution is -2.44. The van der Waals surface area contributed by atoms with Crippen LogP contribution in [-0.2, 0) is 11.2 Å². The van der Waals surface area contributed by atoms with E-state index >= 15 is 0 Å². The maximum absolute atomic E-state index is 5.41. The van der Waals surface area contributed by atoms with Gasteiger partial charge in [-0.2, -0.15) is 0 Å². The van der Waals surface area contributed by atoms with Crippen LogP contribution in [0, 0.1) is 0 Å². The molecule has 1 fully saturated rings. The van der Waals surface area contributed by atoms with Gasteiger partial charge in [0.2, 0.25) is 0 Å². The van der Waals surface area contributed by atoms with E-state index in [1.54, 1.807) is 7.11 Å². The van der Waals surface area contributed by atoms with Gasteiger partial charge < -0.3 is 20.1 Å². The van der Waals surface area contributed by atoms with Gasteiger partial charge in [-0.15, -0.1) is 0 Å². The molecular weight excluding hydrogens is 316 g/mol. The molecule has 1 aliphatic heterocycles. The molecule has 0 spiro atoms. The summed E-state index contributed by atoms with van der Waals surface area (Å²) in [5, 5.41) is 6.74. The van der Waals surface area contributed by atoms with Crippen molar-refractivity contribution in [2.24, 2.45) is 4.99 Å². The van der Waals surface area contributed by atoms with E-state index in [-0.39, 0.29) is 0 Å². The molecule has 1 aromatic rings. The fourth-order valence-electron chi connectivity index (χ4n) is 2.82. The molecule has 1 atom stereocenters. The van der Waals surface area contributed by atoms with E-state index in [1.807, 2.05) is 12.1 Å². The van der Waals surface area contributed by atoms with Crippen LogP contribution in [-0.4, -0.2) is 69.9 Å². The third kappa shape index (κ3) is 6.92. The summed E-state index contributed by atoms with van der Waals surface area (Å²) in [6.45, 7) is 10.5. The standard InChI is InChI=1S/C19H32N4O2/c1-4-20-19(22-15-16(2)23-11-13-25-14-12-23)21-10-9-17-5-7-18(24-3)8-6-17/h5-8,16H,4,9-15H2,1-3H3,(H2,20,21,22). The number of ether oxygens (including phenoxy) is 2. The monoisotopic (exact) mass is 348 g/mol. The Morgan fingerprint density at radius 3 is 2.60 bits per heavy atom. The van der Waals surface area contributed by atoms with Crippen molar-refractivity contribution >= 4 is 5.96 Å². The van der Waals surface area contributed by atoms with E-state index < -0.39 is 0 Å². The largest absolute Gasteiger partial charge is 0.497 e. The van der Waals surface area contributed by atoms with Gasteiger partial charge in [-0.25, -0.2) is 0 Å². The Kier molecular flexibility index (Phi) is 8.55. The number of nitrogens with zero attached hydrogens (tertiary/aromatic N) is 2. The third-order valence-corrected chi connectivity index (χ3v) is 4.39. The first-order valence-corrected chi connectivity index (χ1v) is 9.19. The molecular formula is C19H32N4O2. The van der Waals surface area contributed by atoms with E-state index in [0.29, 0.717) is 6.04 Å². The molecule has 0 saturated carbocycles. The van der Waals surface area contributed by atoms with Crippen molar-refractivity contribution in [1.82, 2.24) is 15.5 Å². The molecule has 0 radical (unpaired) electrons. The van der Waals surface area contributed by atoms with Crippen LogP contribution in [0.5, 0.6) is 5.75 Å². The Hall–Kier alpha value is -1.79. The highest BCUT2D eigenvalue weighted by atomic mass is 16.5. The van der Waals surface area contributed by atoms with Gasteiger partial charge >= 0.3 is 0 Å². The summed E-state index contributed by atoms with van der Waals surface area (Å²) < 4.78 is 10.6. The van der Waals surface area contributed by atoms with Crippen LogP contribution in [0.2, 0.25) is 0 Å². The van der Waals surface area contributed by atoms with E-state index in [4.69, 9.17) is 14.5 Å². The van der Waals surface area contributed by atoms with Crippen molar-refractivity contribution in [3.63, 3.8) is 0 Å². The molecule has 1 unspecified atom stereocenters. The zero-order valence-electron chi connectivity index (χ0n) is 15.8. The second kappa shape index (κ2) is 10.9. The van der Waals surface area contributed by atoms with Gasteiger partial charge in [-0.05, 0) is 38.0 Å². The van der Waals surface area contributed by atoms with Gasteiger partial charge in [-0.3, -0.25) is 9.89 Å². The molecule has 0 aromatic heterocycles. The van der Waals surface area contributed by atoms with Gasteiger partial charge in [0, 0.05) is 32.2 Å². The predicted molar refractivity (Wildman–Crippen MR) is 103 cm³/mol. The first kappa shape index (κ1) is 19.5. The van der Waals surface area contributed by atoms with Crippen LogP contribution in [0.15, 0.2) is 29.3 Å². The number of hydrogen-bond donors (Lipinski definition) is 2. The Morgan fingerprint density at radius 2 is 1.96 bits per heavy atom. The van der Waals surface area contributed by atoms with Crippen molar-refractivity contribution in [3.8, 4) is 5.75 Å². The lowest BCUT2D eigenvalue weighted by atomic mass is 10.1. The zero-order valence-corrected chi connectivity index (χ0v) is 15.8. The Morgan fingerprint density at radius 1 is 1.24 bits per heavy atom. The second-order valence-corrected chi connectivity index (χ2v) is 6.24. The maximum atomic E-state index is 5.41. The summed E-state index contributed by atoms with van der Waals surface area (Å²) in [5.74, 6) is 1.78. The highest BCUT2D eigenvalue weighted by Gasteiger charge is 2.16. The molecule has 6 heteroatoms. The first-order chi connectivity index (χ1) is 12.2. The van der Waals surface area contributed by atoms with E-state index in [1.165, 1.54) is 5.56 Å². The average Bonchev–Trinajstić information content (AvgIpc) is 2.67. The summed E-state index contributed by atoms with van der Waals surface area (Å²) in [4.78, 5) is 7.18. The van der Waals surface area contributed by atoms with Crippen LogP contribution < -0.4 is 15.4 Å². The average molecular weight is 348 g/mol. The molecule has 25 heavy (non-hydrogen) atoms. The molecule has 0 amide bonds. The van der Waals surface area contributed by atoms with Crippen molar-refractivity contribution in [2.45, 2.75) is 26.3 Å². The Balaban J connectivity index is 1.77. The first-order valence-electron chi connectivity index (χ1n) is 9.19. The molecule has 1 heterocycles. The highest BCUT2D eigenvalue weighted by molar-refractivity contribution is 5.79. The Bertz CT molecular complexity index is 513. The molecule has 2 N–H and O–H groups in total. The quantitative estimate of drug-likeness (QED) is 0.551. The van der Waals surface area contributed by atoms with Crippen molar-refractivity contribution in [2.75, 3.05) is 53.0 Å². The topological polar surface area (TPSA) is 58.1 Å². The molecule has 2 rings (SSSR count). The van der Waals surface area contributed by atoms with Gasteiger partial charge in [0.05, 0.1) is 26.9 Å². The maximum Gasteiger partial charge on any atom is 0.191 e. The number of benzene rings is 1. The van der Waals surface area contributed by atoms with E-state index in [9.17, 15) is 0 Å². The summed E-state index contributed by atoms with van der Waals surface area (Å²) in [6.07, 6.45) is 0.952. The van der Waals surface area contributed by atoms with Crippen molar-refractivity contribution in [3.05, 3.63) is 29.8 Å². The summed E-state index contributed by atoms with van der Waals surface area (Å²) in [6, 6.07) is 8.63. The minimum Gasteiger partial charge on any atom is -0.497 e. The van der Waals surface area contributed by atoms with Crippen LogP contribution in [0.4, 0.5) is 0 Å². The van der Waals surface area contributed by atoms with E-state index in [0.717, 1.165) is 64.1 Å². The van der Waals surface area contributed by atoms with Gasteiger partial charge in [0.1, 0.15) is 5.75 Å². The lowest BCUT2D eigenvalue weighted by Gasteiger charge is -2.31. The third-order valence-electron chi connectivity index (χ3n) is 4.39. The minimum absolute atomic E-state index is 0.431. The number of rotatable bonds is 8. The number of morpholine rings is 1. The second-order valence-electron chi connectivity index (χ2n) is 6.24. The molecule has 0 bridgehead atoms. The lowest BCUT2D eigenvalue weighted by molar-refractivity contribution is 0.0220. The number of aliphatic imine (C=N–C) groups is 1. The molecule has 0 aliphatic carbocycles. The minimum atomic E-state index is 0.431. The summed E-state index contributed by atoms with van der Waals surface area (Å²) >= 11 is 0. The number of nitrogens with one attached hydrogen (secondary N) is 2. The van der Waals surface area contributed by atoms with Gasteiger partial charge in [-0.1, -0.05) is 12.1 Å². The number of hydrogen-bond acceptors (Lipinski definition) is 4. The molecule has 1 aromatic carbocycles. The van der Waals surface area contributed by atoms with Crippen molar-refractivity contribution in [1.29, 1.82) is 0 Å². The van der Waals surface area contributed by atoms with Gasteiger partial charge in [0.15, 0.2) is 5.96 Å².